The molecule has 0 atom stereocenters. The highest BCUT2D eigenvalue weighted by molar-refractivity contribution is 5.14. The minimum atomic E-state index is 0.535. The van der Waals surface area contributed by atoms with Crippen LogP contribution in [0, 0.1) is 6.92 Å². The van der Waals surface area contributed by atoms with E-state index < -0.39 is 0 Å². The predicted molar refractivity (Wildman–Crippen MR) is 61.5 cm³/mol. The molecule has 0 bridgehead atoms. The van der Waals surface area contributed by atoms with Crippen LogP contribution in [-0.4, -0.2) is 11.6 Å². The number of aryl methyl sites for hydroxylation is 2. The third kappa shape index (κ3) is 2.86. The van der Waals surface area contributed by atoms with Gasteiger partial charge in [-0.3, -0.25) is 0 Å². The van der Waals surface area contributed by atoms with Crippen molar-refractivity contribution in [3.63, 3.8) is 0 Å². The van der Waals surface area contributed by atoms with E-state index in [-0.39, 0.29) is 0 Å². The monoisotopic (exact) mass is 217 g/mol. The molecule has 0 amide bonds. The van der Waals surface area contributed by atoms with E-state index in [0.717, 1.165) is 18.5 Å². The van der Waals surface area contributed by atoms with Gasteiger partial charge in [0.05, 0.1) is 6.61 Å². The van der Waals surface area contributed by atoms with Gasteiger partial charge in [0, 0.05) is 0 Å². The number of hydrogen-bond acceptors (Lipinski definition) is 3. The second kappa shape index (κ2) is 5.35. The van der Waals surface area contributed by atoms with E-state index in [1.54, 1.807) is 0 Å². The van der Waals surface area contributed by atoms with Crippen LogP contribution in [0.1, 0.15) is 17.7 Å². The van der Waals surface area contributed by atoms with Gasteiger partial charge >= 0.3 is 5.95 Å². The van der Waals surface area contributed by atoms with E-state index in [9.17, 15) is 0 Å². The van der Waals surface area contributed by atoms with E-state index in [1.165, 1.54) is 12.0 Å². The molecule has 1 aromatic heterocycles. The fourth-order valence-electron chi connectivity index (χ4n) is 1.52. The summed E-state index contributed by atoms with van der Waals surface area (Å²) in [7, 11) is 0. The van der Waals surface area contributed by atoms with Crippen LogP contribution in [0.25, 0.3) is 0 Å². The molecule has 0 aliphatic carbocycles. The maximum atomic E-state index is 5.47. The summed E-state index contributed by atoms with van der Waals surface area (Å²) in [6.07, 6.45) is 3.40. The zero-order valence-corrected chi connectivity index (χ0v) is 9.35. The van der Waals surface area contributed by atoms with Gasteiger partial charge in [-0.2, -0.15) is 0 Å². The highest BCUT2D eigenvalue weighted by Gasteiger charge is 2.03. The molecule has 3 heteroatoms. The van der Waals surface area contributed by atoms with Crippen molar-refractivity contribution in [3.8, 4) is 5.95 Å². The van der Waals surface area contributed by atoms with Gasteiger partial charge in [0.25, 0.3) is 0 Å². The predicted octanol–water partition coefficient (Wildman–Crippen LogP) is 2.99. The lowest BCUT2D eigenvalue weighted by atomic mass is 10.1. The van der Waals surface area contributed by atoms with Gasteiger partial charge in [-0.15, -0.1) is 0 Å². The van der Waals surface area contributed by atoms with E-state index in [1.807, 2.05) is 13.0 Å². The third-order valence-electron chi connectivity index (χ3n) is 2.39. The third-order valence-corrected chi connectivity index (χ3v) is 2.39. The topological polar surface area (TPSA) is 35.3 Å². The highest BCUT2D eigenvalue weighted by atomic mass is 16.6. The molecule has 0 spiro atoms. The van der Waals surface area contributed by atoms with Crippen molar-refractivity contribution in [1.29, 1.82) is 0 Å². The summed E-state index contributed by atoms with van der Waals surface area (Å²) in [4.78, 5) is 3.96. The summed E-state index contributed by atoms with van der Waals surface area (Å²) in [6, 6.07) is 10.4. The van der Waals surface area contributed by atoms with Crippen molar-refractivity contribution < 1.29 is 9.15 Å². The van der Waals surface area contributed by atoms with Crippen molar-refractivity contribution in [2.24, 2.45) is 0 Å². The summed E-state index contributed by atoms with van der Waals surface area (Å²) in [5.41, 5.74) is 2.14. The molecule has 0 saturated carbocycles. The summed E-state index contributed by atoms with van der Waals surface area (Å²) in [5.74, 6) is 0.535. The largest absolute Gasteiger partial charge is 0.464 e. The van der Waals surface area contributed by atoms with Crippen molar-refractivity contribution in [2.45, 2.75) is 19.8 Å². The van der Waals surface area contributed by atoms with Crippen molar-refractivity contribution in [2.75, 3.05) is 6.61 Å². The van der Waals surface area contributed by atoms with E-state index in [2.05, 4.69) is 29.2 Å². The van der Waals surface area contributed by atoms with Crippen LogP contribution < -0.4 is 4.74 Å². The van der Waals surface area contributed by atoms with Crippen LogP contribution in [0.5, 0.6) is 5.95 Å². The summed E-state index contributed by atoms with van der Waals surface area (Å²) >= 11 is 0. The Kier molecular flexibility index (Phi) is 3.59. The van der Waals surface area contributed by atoms with E-state index >= 15 is 0 Å². The Balaban J connectivity index is 1.72. The summed E-state index contributed by atoms with van der Waals surface area (Å²) < 4.78 is 10.6. The number of ether oxygens (including phenoxy) is 1. The molecule has 0 radical (unpaired) electrons. The average Bonchev–Trinajstić information content (AvgIpc) is 2.72. The molecule has 84 valence electrons. The van der Waals surface area contributed by atoms with Crippen LogP contribution in [0.15, 0.2) is 41.1 Å². The molecule has 0 aliphatic heterocycles. The summed E-state index contributed by atoms with van der Waals surface area (Å²) in [6.45, 7) is 2.53. The SMILES string of the molecule is Cc1ncoc1OCCCc1ccccc1. The fraction of sp³-hybridized carbons (Fsp3) is 0.308. The first-order valence-electron chi connectivity index (χ1n) is 5.43. The van der Waals surface area contributed by atoms with E-state index in [4.69, 9.17) is 9.15 Å². The Morgan fingerprint density at radius 2 is 2.06 bits per heavy atom. The van der Waals surface area contributed by atoms with Gasteiger partial charge < -0.3 is 9.15 Å². The van der Waals surface area contributed by atoms with Crippen molar-refractivity contribution >= 4 is 0 Å². The normalized spacial score (nSPS) is 10.3. The van der Waals surface area contributed by atoms with Gasteiger partial charge in [-0.25, -0.2) is 4.98 Å². The van der Waals surface area contributed by atoms with Crippen LogP contribution in [-0.2, 0) is 6.42 Å². The average molecular weight is 217 g/mol. The Morgan fingerprint density at radius 3 is 2.75 bits per heavy atom. The first-order chi connectivity index (χ1) is 7.86. The number of benzene rings is 1. The van der Waals surface area contributed by atoms with Gasteiger partial charge in [0.15, 0.2) is 6.39 Å². The van der Waals surface area contributed by atoms with Gasteiger partial charge in [-0.1, -0.05) is 30.3 Å². The lowest BCUT2D eigenvalue weighted by Gasteiger charge is -2.03. The second-order valence-corrected chi connectivity index (χ2v) is 3.66. The minimum Gasteiger partial charge on any atom is -0.464 e. The summed E-state index contributed by atoms with van der Waals surface area (Å²) in [5, 5.41) is 0. The van der Waals surface area contributed by atoms with Crippen LogP contribution in [0.2, 0.25) is 0 Å². The standard InChI is InChI=1S/C13H15NO2/c1-11-13(16-10-14-11)15-9-5-8-12-6-3-2-4-7-12/h2-4,6-7,10H,5,8-9H2,1H3. The zero-order valence-electron chi connectivity index (χ0n) is 9.35. The first kappa shape index (κ1) is 10.7. The zero-order chi connectivity index (χ0) is 11.2. The molecular formula is C13H15NO2. The Hall–Kier alpha value is -1.77. The van der Waals surface area contributed by atoms with Crippen molar-refractivity contribution in [3.05, 3.63) is 48.0 Å². The minimum absolute atomic E-state index is 0.535. The first-order valence-corrected chi connectivity index (χ1v) is 5.43. The van der Waals surface area contributed by atoms with Crippen LogP contribution in [0.4, 0.5) is 0 Å². The molecule has 0 fully saturated rings. The molecule has 0 N–H and O–H groups in total. The Labute approximate surface area is 95.1 Å². The second-order valence-electron chi connectivity index (χ2n) is 3.66. The number of nitrogens with zero attached hydrogens (tertiary/aromatic N) is 1. The number of aromatic nitrogens is 1. The van der Waals surface area contributed by atoms with Crippen LogP contribution >= 0.6 is 0 Å². The van der Waals surface area contributed by atoms with Gasteiger partial charge in [-0.05, 0) is 25.3 Å². The van der Waals surface area contributed by atoms with E-state index in [0.29, 0.717) is 12.6 Å². The Bertz CT molecular complexity index is 423. The molecule has 1 aromatic carbocycles. The molecule has 2 aromatic rings. The van der Waals surface area contributed by atoms with Crippen molar-refractivity contribution in [1.82, 2.24) is 4.98 Å². The lowest BCUT2D eigenvalue weighted by molar-refractivity contribution is 0.237. The molecule has 2 rings (SSSR count). The number of rotatable bonds is 5. The molecule has 3 nitrogen and oxygen atoms in total. The lowest BCUT2D eigenvalue weighted by Crippen LogP contribution is -1.99. The molecule has 0 saturated heterocycles. The fourth-order valence-corrected chi connectivity index (χ4v) is 1.52. The molecule has 0 unspecified atom stereocenters. The maximum absolute atomic E-state index is 5.47. The quantitative estimate of drug-likeness (QED) is 0.722. The molecular weight excluding hydrogens is 202 g/mol. The molecule has 0 aliphatic rings. The smallest absolute Gasteiger partial charge is 0.308 e. The highest BCUT2D eigenvalue weighted by Crippen LogP contribution is 2.15. The number of oxazole rings is 1. The number of hydrogen-bond donors (Lipinski definition) is 0. The molecule has 16 heavy (non-hydrogen) atoms. The van der Waals surface area contributed by atoms with Gasteiger partial charge in [0.1, 0.15) is 5.69 Å². The maximum Gasteiger partial charge on any atom is 0.308 e. The molecule has 1 heterocycles. The Morgan fingerprint density at radius 1 is 1.25 bits per heavy atom. The van der Waals surface area contributed by atoms with Gasteiger partial charge in [0.2, 0.25) is 0 Å². The van der Waals surface area contributed by atoms with Crippen LogP contribution in [0.3, 0.4) is 0 Å².